The Labute approximate surface area is 115 Å². The number of rotatable bonds is 5. The Bertz CT molecular complexity index is 436. The fourth-order valence-electron chi connectivity index (χ4n) is 1.70. The summed E-state index contributed by atoms with van der Waals surface area (Å²) in [5.41, 5.74) is 2.60. The summed E-state index contributed by atoms with van der Waals surface area (Å²) < 4.78 is 0. The van der Waals surface area contributed by atoms with Crippen LogP contribution in [0, 0.1) is 0 Å². The molecule has 1 aromatic heterocycles. The van der Waals surface area contributed by atoms with E-state index in [2.05, 4.69) is 69.7 Å². The van der Waals surface area contributed by atoms with Crippen molar-refractivity contribution in [2.24, 2.45) is 0 Å². The Kier molecular flexibility index (Phi) is 4.63. The highest BCUT2D eigenvalue weighted by atomic mass is 79.9. The van der Waals surface area contributed by atoms with Gasteiger partial charge in [-0.05, 0) is 35.6 Å². The second-order valence-corrected chi connectivity index (χ2v) is 5.64. The minimum absolute atomic E-state index is 0.923. The van der Waals surface area contributed by atoms with Crippen LogP contribution in [-0.4, -0.2) is 13.6 Å². The first-order valence-corrected chi connectivity index (χ1v) is 7.68. The zero-order valence-corrected chi connectivity index (χ0v) is 12.3. The largest absolute Gasteiger partial charge is 0.374 e. The number of hydrogen-bond acceptors (Lipinski definition) is 2. The van der Waals surface area contributed by atoms with Gasteiger partial charge in [0.15, 0.2) is 0 Å². The fourth-order valence-corrected chi connectivity index (χ4v) is 2.77. The summed E-state index contributed by atoms with van der Waals surface area (Å²) in [5.74, 6) is 0. The first-order valence-electron chi connectivity index (χ1n) is 5.68. The van der Waals surface area contributed by atoms with Gasteiger partial charge in [0, 0.05) is 29.5 Å². The molecular formula is C14H16BrNS. The topological polar surface area (TPSA) is 3.24 Å². The predicted molar refractivity (Wildman–Crippen MR) is 80.4 cm³/mol. The zero-order chi connectivity index (χ0) is 12.1. The molecule has 0 amide bonds. The number of halogens is 1. The SMILES string of the molecule is CN(CCc1cccs1)c1ccc(CBr)cc1. The standard InChI is InChI=1S/C14H16BrNS/c1-16(9-8-14-3-2-10-17-14)13-6-4-12(11-15)5-7-13/h2-7,10H,8-9,11H2,1H3. The van der Waals surface area contributed by atoms with Crippen molar-refractivity contribution in [1.82, 2.24) is 0 Å². The van der Waals surface area contributed by atoms with Crippen molar-refractivity contribution < 1.29 is 0 Å². The van der Waals surface area contributed by atoms with E-state index in [1.807, 2.05) is 11.3 Å². The predicted octanol–water partition coefficient (Wildman–Crippen LogP) is 4.32. The molecule has 2 aromatic rings. The molecule has 1 heterocycles. The molecule has 0 unspecified atom stereocenters. The number of alkyl halides is 1. The summed E-state index contributed by atoms with van der Waals surface area (Å²) in [6.07, 6.45) is 1.12. The Morgan fingerprint density at radius 2 is 1.94 bits per heavy atom. The normalized spacial score (nSPS) is 10.5. The monoisotopic (exact) mass is 309 g/mol. The van der Waals surface area contributed by atoms with Gasteiger partial charge < -0.3 is 4.90 Å². The van der Waals surface area contributed by atoms with Gasteiger partial charge in [-0.2, -0.15) is 0 Å². The maximum Gasteiger partial charge on any atom is 0.0363 e. The highest BCUT2D eigenvalue weighted by Crippen LogP contribution is 2.17. The van der Waals surface area contributed by atoms with Gasteiger partial charge in [0.05, 0.1) is 0 Å². The molecule has 0 saturated carbocycles. The molecule has 0 aliphatic heterocycles. The summed E-state index contributed by atoms with van der Waals surface area (Å²) in [6.45, 7) is 1.06. The number of likely N-dealkylation sites (N-methyl/N-ethyl adjacent to an activating group) is 1. The van der Waals surface area contributed by atoms with Crippen molar-refractivity contribution in [2.75, 3.05) is 18.5 Å². The zero-order valence-electron chi connectivity index (χ0n) is 9.90. The van der Waals surface area contributed by atoms with Crippen LogP contribution in [0.15, 0.2) is 41.8 Å². The Balaban J connectivity index is 1.92. The molecule has 0 fully saturated rings. The van der Waals surface area contributed by atoms with Gasteiger partial charge in [-0.25, -0.2) is 0 Å². The third-order valence-electron chi connectivity index (χ3n) is 2.81. The molecule has 0 aliphatic rings. The molecule has 0 aliphatic carbocycles. The number of benzene rings is 1. The smallest absolute Gasteiger partial charge is 0.0363 e. The molecule has 0 N–H and O–H groups in total. The van der Waals surface area contributed by atoms with Gasteiger partial charge in [-0.3, -0.25) is 0 Å². The minimum Gasteiger partial charge on any atom is -0.374 e. The second-order valence-electron chi connectivity index (χ2n) is 4.05. The molecule has 0 spiro atoms. The van der Waals surface area contributed by atoms with E-state index in [4.69, 9.17) is 0 Å². The molecule has 0 bridgehead atoms. The number of nitrogens with zero attached hydrogens (tertiary/aromatic N) is 1. The molecule has 1 nitrogen and oxygen atoms in total. The van der Waals surface area contributed by atoms with Crippen LogP contribution >= 0.6 is 27.3 Å². The third kappa shape index (κ3) is 3.58. The van der Waals surface area contributed by atoms with Crippen molar-refractivity contribution in [1.29, 1.82) is 0 Å². The van der Waals surface area contributed by atoms with E-state index in [9.17, 15) is 0 Å². The summed E-state index contributed by atoms with van der Waals surface area (Å²) in [7, 11) is 2.15. The first-order chi connectivity index (χ1) is 8.29. The van der Waals surface area contributed by atoms with Crippen LogP contribution in [0.4, 0.5) is 5.69 Å². The summed E-state index contributed by atoms with van der Waals surface area (Å²) in [5, 5.41) is 3.06. The van der Waals surface area contributed by atoms with Crippen LogP contribution in [0.5, 0.6) is 0 Å². The van der Waals surface area contributed by atoms with E-state index in [1.165, 1.54) is 16.1 Å². The number of anilines is 1. The summed E-state index contributed by atoms with van der Waals surface area (Å²) in [4.78, 5) is 3.76. The van der Waals surface area contributed by atoms with E-state index >= 15 is 0 Å². The highest BCUT2D eigenvalue weighted by molar-refractivity contribution is 9.08. The van der Waals surface area contributed by atoms with Crippen molar-refractivity contribution in [3.8, 4) is 0 Å². The maximum atomic E-state index is 3.46. The lowest BCUT2D eigenvalue weighted by molar-refractivity contribution is 0.887. The molecule has 1 aromatic carbocycles. The van der Waals surface area contributed by atoms with E-state index in [1.54, 1.807) is 0 Å². The van der Waals surface area contributed by atoms with E-state index in [0.29, 0.717) is 0 Å². The van der Waals surface area contributed by atoms with Gasteiger partial charge in [0.2, 0.25) is 0 Å². The molecule has 0 atom stereocenters. The van der Waals surface area contributed by atoms with Gasteiger partial charge in [-0.1, -0.05) is 34.1 Å². The van der Waals surface area contributed by atoms with Gasteiger partial charge in [0.1, 0.15) is 0 Å². The average molecular weight is 310 g/mol. The van der Waals surface area contributed by atoms with Gasteiger partial charge in [0.25, 0.3) is 0 Å². The average Bonchev–Trinajstić information content (AvgIpc) is 2.89. The highest BCUT2D eigenvalue weighted by Gasteiger charge is 2.01. The molecular weight excluding hydrogens is 294 g/mol. The lowest BCUT2D eigenvalue weighted by Gasteiger charge is -2.19. The van der Waals surface area contributed by atoms with E-state index < -0.39 is 0 Å². The Morgan fingerprint density at radius 3 is 2.53 bits per heavy atom. The van der Waals surface area contributed by atoms with E-state index in [-0.39, 0.29) is 0 Å². The van der Waals surface area contributed by atoms with Crippen LogP contribution in [-0.2, 0) is 11.8 Å². The van der Waals surface area contributed by atoms with Crippen LogP contribution < -0.4 is 4.90 Å². The Hall–Kier alpha value is -0.800. The molecule has 0 radical (unpaired) electrons. The molecule has 90 valence electrons. The fraction of sp³-hybridized carbons (Fsp3) is 0.286. The number of thiophene rings is 1. The maximum absolute atomic E-state index is 3.46. The second kappa shape index (κ2) is 6.22. The molecule has 0 saturated heterocycles. The molecule has 3 heteroatoms. The van der Waals surface area contributed by atoms with Crippen molar-refractivity contribution in [3.05, 3.63) is 52.2 Å². The van der Waals surface area contributed by atoms with Crippen LogP contribution in [0.25, 0.3) is 0 Å². The van der Waals surface area contributed by atoms with Crippen LogP contribution in [0.1, 0.15) is 10.4 Å². The summed E-state index contributed by atoms with van der Waals surface area (Å²) in [6, 6.07) is 13.0. The van der Waals surface area contributed by atoms with Crippen molar-refractivity contribution >= 4 is 33.0 Å². The van der Waals surface area contributed by atoms with Crippen LogP contribution in [0.2, 0.25) is 0 Å². The Morgan fingerprint density at radius 1 is 1.18 bits per heavy atom. The quantitative estimate of drug-likeness (QED) is 0.743. The van der Waals surface area contributed by atoms with Crippen LogP contribution in [0.3, 0.4) is 0 Å². The molecule has 2 rings (SSSR count). The minimum atomic E-state index is 0.923. The lowest BCUT2D eigenvalue weighted by atomic mass is 10.2. The van der Waals surface area contributed by atoms with Crippen molar-refractivity contribution in [3.63, 3.8) is 0 Å². The summed E-state index contributed by atoms with van der Waals surface area (Å²) >= 11 is 5.30. The van der Waals surface area contributed by atoms with E-state index in [0.717, 1.165) is 18.3 Å². The third-order valence-corrected chi connectivity index (χ3v) is 4.39. The number of hydrogen-bond donors (Lipinski definition) is 0. The van der Waals surface area contributed by atoms with Gasteiger partial charge >= 0.3 is 0 Å². The van der Waals surface area contributed by atoms with Gasteiger partial charge in [-0.15, -0.1) is 11.3 Å². The molecule has 17 heavy (non-hydrogen) atoms. The van der Waals surface area contributed by atoms with Crippen molar-refractivity contribution in [2.45, 2.75) is 11.8 Å². The first kappa shape index (κ1) is 12.7. The lowest BCUT2D eigenvalue weighted by Crippen LogP contribution is -2.19.